The van der Waals surface area contributed by atoms with Crippen LogP contribution >= 0.6 is 23.2 Å². The number of pyridine rings is 2. The average Bonchev–Trinajstić information content (AvgIpc) is 3.35. The first-order chi connectivity index (χ1) is 11.5. The van der Waals surface area contributed by atoms with Gasteiger partial charge in [0.15, 0.2) is 5.65 Å². The molecule has 8 heteroatoms. The van der Waals surface area contributed by atoms with E-state index in [0.29, 0.717) is 11.6 Å². The molecular formula is C16H12Cl2N4O2. The molecule has 24 heavy (non-hydrogen) atoms. The highest BCUT2D eigenvalue weighted by Crippen LogP contribution is 2.42. The van der Waals surface area contributed by atoms with E-state index in [2.05, 4.69) is 15.0 Å². The minimum Gasteiger partial charge on any atom is -0.273 e. The maximum atomic E-state index is 12.6. The minimum absolute atomic E-state index is 0.0393. The van der Waals surface area contributed by atoms with Crippen LogP contribution in [-0.2, 0) is 0 Å². The largest absolute Gasteiger partial charge is 0.334 e. The number of H-pyrrole nitrogens is 1. The lowest BCUT2D eigenvalue weighted by Crippen LogP contribution is -2.31. The summed E-state index contributed by atoms with van der Waals surface area (Å²) in [6, 6.07) is 3.24. The molecule has 3 aromatic heterocycles. The zero-order valence-corrected chi connectivity index (χ0v) is 14.1. The standard InChI is InChI=1S/C16H12Cl2N4O2/c1-7-4-5-19-11(8-2-3-8)12(7)22-14-9(15(23)21-16(22)24)6-10(17)13(18)20-14/h4-6,8H,2-3H2,1H3,(H,21,23,24). The van der Waals surface area contributed by atoms with E-state index in [1.165, 1.54) is 10.6 Å². The van der Waals surface area contributed by atoms with Gasteiger partial charge in [0, 0.05) is 12.1 Å². The van der Waals surface area contributed by atoms with E-state index in [9.17, 15) is 9.59 Å². The fourth-order valence-corrected chi connectivity index (χ4v) is 3.12. The van der Waals surface area contributed by atoms with E-state index >= 15 is 0 Å². The van der Waals surface area contributed by atoms with Gasteiger partial charge in [0.25, 0.3) is 5.56 Å². The molecule has 3 aromatic rings. The zero-order chi connectivity index (χ0) is 17.0. The Kier molecular flexibility index (Phi) is 3.47. The Hall–Kier alpha value is -2.18. The number of aryl methyl sites for hydroxylation is 1. The molecule has 0 amide bonds. The highest BCUT2D eigenvalue weighted by atomic mass is 35.5. The quantitative estimate of drug-likeness (QED) is 0.710. The third kappa shape index (κ3) is 2.34. The first-order valence-corrected chi connectivity index (χ1v) is 8.20. The van der Waals surface area contributed by atoms with Gasteiger partial charge < -0.3 is 0 Å². The fourth-order valence-electron chi connectivity index (χ4n) is 2.84. The molecule has 0 radical (unpaired) electrons. The van der Waals surface area contributed by atoms with Crippen molar-refractivity contribution in [1.29, 1.82) is 0 Å². The van der Waals surface area contributed by atoms with Gasteiger partial charge in [0.2, 0.25) is 0 Å². The van der Waals surface area contributed by atoms with Crippen LogP contribution in [0.25, 0.3) is 16.7 Å². The molecule has 0 unspecified atom stereocenters. The summed E-state index contributed by atoms with van der Waals surface area (Å²) in [4.78, 5) is 35.7. The summed E-state index contributed by atoms with van der Waals surface area (Å²) in [6.45, 7) is 1.89. The van der Waals surface area contributed by atoms with Crippen LogP contribution in [0, 0.1) is 6.92 Å². The SMILES string of the molecule is Cc1ccnc(C2CC2)c1-n1c(=O)[nH]c(=O)c2cc(Cl)c(Cl)nc21. The first kappa shape index (κ1) is 15.4. The van der Waals surface area contributed by atoms with Gasteiger partial charge in [0.05, 0.1) is 21.8 Å². The zero-order valence-electron chi connectivity index (χ0n) is 12.6. The van der Waals surface area contributed by atoms with E-state index in [-0.39, 0.29) is 21.2 Å². The predicted molar refractivity (Wildman–Crippen MR) is 92.5 cm³/mol. The summed E-state index contributed by atoms with van der Waals surface area (Å²) in [7, 11) is 0. The summed E-state index contributed by atoms with van der Waals surface area (Å²) in [5, 5.41) is 0.400. The summed E-state index contributed by atoms with van der Waals surface area (Å²) in [5.74, 6) is 0.316. The molecule has 1 N–H and O–H groups in total. The van der Waals surface area contributed by atoms with Crippen LogP contribution in [0.15, 0.2) is 27.9 Å². The molecule has 0 aliphatic heterocycles. The van der Waals surface area contributed by atoms with Crippen molar-refractivity contribution in [3.63, 3.8) is 0 Å². The van der Waals surface area contributed by atoms with E-state index < -0.39 is 11.2 Å². The highest BCUT2D eigenvalue weighted by Gasteiger charge is 2.30. The molecule has 6 nitrogen and oxygen atoms in total. The molecule has 3 heterocycles. The van der Waals surface area contributed by atoms with E-state index in [0.717, 1.165) is 24.1 Å². The number of aromatic amines is 1. The van der Waals surface area contributed by atoms with Gasteiger partial charge in [-0.25, -0.2) is 14.3 Å². The monoisotopic (exact) mass is 362 g/mol. The van der Waals surface area contributed by atoms with Crippen molar-refractivity contribution in [2.75, 3.05) is 0 Å². The molecule has 1 aliphatic rings. The summed E-state index contributed by atoms with van der Waals surface area (Å²) in [5.41, 5.74) is 1.41. The molecule has 4 rings (SSSR count). The molecule has 1 aliphatic carbocycles. The number of nitrogens with one attached hydrogen (secondary N) is 1. The van der Waals surface area contributed by atoms with Crippen molar-refractivity contribution < 1.29 is 0 Å². The van der Waals surface area contributed by atoms with Gasteiger partial charge >= 0.3 is 5.69 Å². The van der Waals surface area contributed by atoms with Crippen molar-refractivity contribution in [2.24, 2.45) is 0 Å². The summed E-state index contributed by atoms with van der Waals surface area (Å²) < 4.78 is 1.37. The Morgan fingerprint density at radius 2 is 2.04 bits per heavy atom. The lowest BCUT2D eigenvalue weighted by atomic mass is 10.1. The van der Waals surface area contributed by atoms with Crippen molar-refractivity contribution in [3.05, 3.63) is 60.6 Å². The fraction of sp³-hybridized carbons (Fsp3) is 0.250. The van der Waals surface area contributed by atoms with Crippen molar-refractivity contribution in [1.82, 2.24) is 19.5 Å². The Morgan fingerprint density at radius 3 is 2.75 bits per heavy atom. The van der Waals surface area contributed by atoms with Crippen molar-refractivity contribution >= 4 is 34.2 Å². The minimum atomic E-state index is -0.573. The second-order valence-corrected chi connectivity index (χ2v) is 6.63. The van der Waals surface area contributed by atoms with Crippen LogP contribution in [0.4, 0.5) is 0 Å². The summed E-state index contributed by atoms with van der Waals surface area (Å²) in [6.07, 6.45) is 3.78. The molecule has 0 aromatic carbocycles. The van der Waals surface area contributed by atoms with Gasteiger partial charge in [-0.15, -0.1) is 0 Å². The van der Waals surface area contributed by atoms with E-state index in [1.807, 2.05) is 13.0 Å². The van der Waals surface area contributed by atoms with Gasteiger partial charge in [0.1, 0.15) is 5.15 Å². The lowest BCUT2D eigenvalue weighted by molar-refractivity contribution is 0.875. The molecule has 122 valence electrons. The normalized spacial score (nSPS) is 14.3. The number of nitrogens with zero attached hydrogens (tertiary/aromatic N) is 3. The molecule has 0 saturated heterocycles. The number of rotatable bonds is 2. The second-order valence-electron chi connectivity index (χ2n) is 5.86. The number of hydrogen-bond acceptors (Lipinski definition) is 4. The molecular weight excluding hydrogens is 351 g/mol. The van der Waals surface area contributed by atoms with Gasteiger partial charge in [-0.3, -0.25) is 14.8 Å². The molecule has 1 fully saturated rings. The van der Waals surface area contributed by atoms with E-state index in [1.54, 1.807) is 6.20 Å². The molecule has 1 saturated carbocycles. The number of hydrogen-bond donors (Lipinski definition) is 1. The Balaban J connectivity index is 2.18. The number of aromatic nitrogens is 4. The maximum absolute atomic E-state index is 12.6. The molecule has 0 atom stereocenters. The third-order valence-electron chi connectivity index (χ3n) is 4.14. The van der Waals surface area contributed by atoms with Gasteiger partial charge in [-0.2, -0.15) is 0 Å². The van der Waals surface area contributed by atoms with Crippen molar-refractivity contribution in [2.45, 2.75) is 25.7 Å². The average molecular weight is 363 g/mol. The highest BCUT2D eigenvalue weighted by molar-refractivity contribution is 6.41. The number of halogens is 2. The first-order valence-electron chi connectivity index (χ1n) is 7.44. The Labute approximate surface area is 146 Å². The van der Waals surface area contributed by atoms with Crippen molar-refractivity contribution in [3.8, 4) is 5.69 Å². The Morgan fingerprint density at radius 1 is 1.29 bits per heavy atom. The van der Waals surface area contributed by atoms with Gasteiger partial charge in [-0.05, 0) is 37.5 Å². The van der Waals surface area contributed by atoms with Crippen LogP contribution in [0.2, 0.25) is 10.2 Å². The smallest absolute Gasteiger partial charge is 0.273 e. The summed E-state index contributed by atoms with van der Waals surface area (Å²) >= 11 is 12.0. The van der Waals surface area contributed by atoms with Crippen LogP contribution < -0.4 is 11.2 Å². The molecule has 0 bridgehead atoms. The van der Waals surface area contributed by atoms with Crippen LogP contribution in [0.3, 0.4) is 0 Å². The second kappa shape index (κ2) is 5.43. The Bertz CT molecular complexity index is 1100. The molecule has 0 spiro atoms. The predicted octanol–water partition coefficient (Wildman–Crippen LogP) is 2.96. The van der Waals surface area contributed by atoms with Crippen LogP contribution in [0.1, 0.15) is 30.0 Å². The number of fused-ring (bicyclic) bond motifs is 1. The maximum Gasteiger partial charge on any atom is 0.334 e. The van der Waals surface area contributed by atoms with E-state index in [4.69, 9.17) is 23.2 Å². The lowest BCUT2D eigenvalue weighted by Gasteiger charge is -2.15. The third-order valence-corrected chi connectivity index (χ3v) is 4.81. The van der Waals surface area contributed by atoms with Crippen LogP contribution in [-0.4, -0.2) is 19.5 Å². The van der Waals surface area contributed by atoms with Crippen LogP contribution in [0.5, 0.6) is 0 Å². The van der Waals surface area contributed by atoms with Gasteiger partial charge in [-0.1, -0.05) is 23.2 Å². The topological polar surface area (TPSA) is 80.6 Å².